The maximum absolute atomic E-state index is 11.9. The third kappa shape index (κ3) is 4.60. The zero-order valence-corrected chi connectivity index (χ0v) is 13.8. The Balaban J connectivity index is 2.01. The Bertz CT molecular complexity index is 573. The van der Waals surface area contributed by atoms with Crippen LogP contribution in [0.25, 0.3) is 5.57 Å². The number of hydrogen-bond acceptors (Lipinski definition) is 3. The van der Waals surface area contributed by atoms with Gasteiger partial charge in [0.1, 0.15) is 5.60 Å². The van der Waals surface area contributed by atoms with Crippen molar-refractivity contribution in [1.82, 2.24) is 5.32 Å². The molecule has 1 aromatic carbocycles. The standard InChI is InChI=1S/C18H26N2O2/c1-12-6-5-7-13(10-12)14-8-9-16(15(19)11-14)20-17(21)22-18(2,3)4/h5-8,10,15-16H,9,11,19H2,1-4H3,(H,20,21)/t15-,16?/m0/s1. The number of aryl methyl sites for hydroxylation is 1. The number of alkyl carbamates (subject to hydrolysis) is 1. The molecule has 3 N–H and O–H groups in total. The van der Waals surface area contributed by atoms with E-state index in [0.717, 1.165) is 12.8 Å². The van der Waals surface area contributed by atoms with E-state index in [1.165, 1.54) is 16.7 Å². The number of rotatable bonds is 2. The van der Waals surface area contributed by atoms with Gasteiger partial charge in [-0.2, -0.15) is 0 Å². The monoisotopic (exact) mass is 302 g/mol. The second-order valence-electron chi connectivity index (χ2n) is 6.96. The number of hydrogen-bond donors (Lipinski definition) is 2. The lowest BCUT2D eigenvalue weighted by molar-refractivity contribution is 0.0496. The van der Waals surface area contributed by atoms with Crippen LogP contribution in [-0.4, -0.2) is 23.8 Å². The lowest BCUT2D eigenvalue weighted by atomic mass is 9.87. The highest BCUT2D eigenvalue weighted by atomic mass is 16.6. The number of nitrogens with one attached hydrogen (secondary N) is 1. The van der Waals surface area contributed by atoms with Crippen LogP contribution < -0.4 is 11.1 Å². The smallest absolute Gasteiger partial charge is 0.407 e. The molecule has 1 amide bonds. The zero-order valence-electron chi connectivity index (χ0n) is 13.8. The summed E-state index contributed by atoms with van der Waals surface area (Å²) in [5, 5.41) is 2.88. The molecule has 0 aliphatic heterocycles. The summed E-state index contributed by atoms with van der Waals surface area (Å²) in [7, 11) is 0. The van der Waals surface area contributed by atoms with Crippen LogP contribution in [0.5, 0.6) is 0 Å². The van der Waals surface area contributed by atoms with Gasteiger partial charge in [-0.1, -0.05) is 35.9 Å². The number of ether oxygens (including phenoxy) is 1. The molecule has 0 fully saturated rings. The van der Waals surface area contributed by atoms with Crippen molar-refractivity contribution < 1.29 is 9.53 Å². The first-order valence-corrected chi connectivity index (χ1v) is 7.76. The highest BCUT2D eigenvalue weighted by Crippen LogP contribution is 2.27. The molecule has 1 aliphatic carbocycles. The Kier molecular flexibility index (Phi) is 4.91. The van der Waals surface area contributed by atoms with Gasteiger partial charge in [-0.25, -0.2) is 4.79 Å². The van der Waals surface area contributed by atoms with Crippen molar-refractivity contribution >= 4 is 11.7 Å². The van der Waals surface area contributed by atoms with Crippen molar-refractivity contribution in [3.63, 3.8) is 0 Å². The van der Waals surface area contributed by atoms with E-state index in [4.69, 9.17) is 10.5 Å². The average Bonchev–Trinajstić information content (AvgIpc) is 2.39. The molecule has 0 radical (unpaired) electrons. The second kappa shape index (κ2) is 6.53. The molecule has 22 heavy (non-hydrogen) atoms. The maximum Gasteiger partial charge on any atom is 0.407 e. The molecular formula is C18H26N2O2. The van der Waals surface area contributed by atoms with E-state index in [1.54, 1.807) is 0 Å². The SMILES string of the molecule is Cc1cccc(C2=CCC(NC(=O)OC(C)(C)C)[C@@H](N)C2)c1. The fourth-order valence-corrected chi connectivity index (χ4v) is 2.63. The summed E-state index contributed by atoms with van der Waals surface area (Å²) in [4.78, 5) is 11.9. The first-order valence-electron chi connectivity index (χ1n) is 7.76. The van der Waals surface area contributed by atoms with Crippen LogP contribution >= 0.6 is 0 Å². The van der Waals surface area contributed by atoms with E-state index >= 15 is 0 Å². The van der Waals surface area contributed by atoms with Crippen LogP contribution in [0.3, 0.4) is 0 Å². The van der Waals surface area contributed by atoms with Gasteiger partial charge in [0.15, 0.2) is 0 Å². The Morgan fingerprint density at radius 1 is 1.36 bits per heavy atom. The summed E-state index contributed by atoms with van der Waals surface area (Å²) in [5.41, 5.74) is 9.45. The minimum absolute atomic E-state index is 0.0802. The van der Waals surface area contributed by atoms with E-state index in [1.807, 2.05) is 20.8 Å². The zero-order chi connectivity index (χ0) is 16.3. The lowest BCUT2D eigenvalue weighted by Crippen LogP contribution is -2.50. The molecular weight excluding hydrogens is 276 g/mol. The maximum atomic E-state index is 11.9. The Morgan fingerprint density at radius 2 is 2.09 bits per heavy atom. The van der Waals surface area contributed by atoms with Crippen molar-refractivity contribution in [1.29, 1.82) is 0 Å². The van der Waals surface area contributed by atoms with Gasteiger partial charge in [-0.15, -0.1) is 0 Å². The molecule has 0 spiro atoms. The van der Waals surface area contributed by atoms with Gasteiger partial charge in [0.05, 0.1) is 6.04 Å². The molecule has 0 bridgehead atoms. The van der Waals surface area contributed by atoms with Crippen molar-refractivity contribution in [3.05, 3.63) is 41.5 Å². The second-order valence-corrected chi connectivity index (χ2v) is 6.96. The number of carbonyl (C=O) groups excluding carboxylic acids is 1. The summed E-state index contributed by atoms with van der Waals surface area (Å²) in [6, 6.07) is 8.23. The van der Waals surface area contributed by atoms with Crippen LogP contribution in [0.2, 0.25) is 0 Å². The van der Waals surface area contributed by atoms with Crippen molar-refractivity contribution in [3.8, 4) is 0 Å². The highest BCUT2D eigenvalue weighted by molar-refractivity contribution is 5.70. The number of benzene rings is 1. The molecule has 0 saturated carbocycles. The first-order chi connectivity index (χ1) is 10.2. The fraction of sp³-hybridized carbons (Fsp3) is 0.500. The van der Waals surface area contributed by atoms with E-state index in [9.17, 15) is 4.79 Å². The molecule has 1 aliphatic rings. The van der Waals surface area contributed by atoms with Gasteiger partial charge in [-0.3, -0.25) is 0 Å². The summed E-state index contributed by atoms with van der Waals surface area (Å²) in [5.74, 6) is 0. The molecule has 0 saturated heterocycles. The molecule has 4 heteroatoms. The first kappa shape index (κ1) is 16.6. The number of carbonyl (C=O) groups is 1. The summed E-state index contributed by atoms with van der Waals surface area (Å²) in [6.45, 7) is 7.63. The molecule has 0 heterocycles. The molecule has 2 rings (SSSR count). The predicted molar refractivity (Wildman–Crippen MR) is 89.5 cm³/mol. The molecule has 1 aromatic rings. The number of nitrogens with two attached hydrogens (primary N) is 1. The average molecular weight is 302 g/mol. The van der Waals surface area contributed by atoms with E-state index in [0.29, 0.717) is 0 Å². The summed E-state index contributed by atoms with van der Waals surface area (Å²) < 4.78 is 5.29. The van der Waals surface area contributed by atoms with Gasteiger partial charge in [0.2, 0.25) is 0 Å². The molecule has 0 aromatic heterocycles. The van der Waals surface area contributed by atoms with Gasteiger partial charge in [-0.05, 0) is 51.7 Å². The normalized spacial score (nSPS) is 22.0. The Hall–Kier alpha value is -1.81. The molecule has 1 unspecified atom stereocenters. The molecule has 2 atom stereocenters. The van der Waals surface area contributed by atoms with E-state index in [-0.39, 0.29) is 12.1 Å². The largest absolute Gasteiger partial charge is 0.444 e. The van der Waals surface area contributed by atoms with Gasteiger partial charge < -0.3 is 15.8 Å². The fourth-order valence-electron chi connectivity index (χ4n) is 2.63. The Labute approximate surface area is 132 Å². The van der Waals surface area contributed by atoms with Crippen LogP contribution in [0, 0.1) is 6.92 Å². The van der Waals surface area contributed by atoms with Crippen molar-refractivity contribution in [2.24, 2.45) is 5.73 Å². The molecule has 4 nitrogen and oxygen atoms in total. The highest BCUT2D eigenvalue weighted by Gasteiger charge is 2.26. The van der Waals surface area contributed by atoms with Gasteiger partial charge in [0, 0.05) is 6.04 Å². The van der Waals surface area contributed by atoms with Gasteiger partial charge in [0.25, 0.3) is 0 Å². The van der Waals surface area contributed by atoms with Crippen LogP contribution in [-0.2, 0) is 4.74 Å². The summed E-state index contributed by atoms with van der Waals surface area (Å²) in [6.07, 6.45) is 3.24. The Morgan fingerprint density at radius 3 is 2.68 bits per heavy atom. The van der Waals surface area contributed by atoms with Crippen molar-refractivity contribution in [2.75, 3.05) is 0 Å². The predicted octanol–water partition coefficient (Wildman–Crippen LogP) is 3.39. The summed E-state index contributed by atoms with van der Waals surface area (Å²) >= 11 is 0. The van der Waals surface area contributed by atoms with Crippen LogP contribution in [0.1, 0.15) is 44.7 Å². The topological polar surface area (TPSA) is 64.3 Å². The van der Waals surface area contributed by atoms with Crippen LogP contribution in [0.4, 0.5) is 4.79 Å². The minimum atomic E-state index is -0.495. The van der Waals surface area contributed by atoms with Crippen molar-refractivity contribution in [2.45, 2.75) is 58.2 Å². The number of amides is 1. The third-order valence-corrected chi connectivity index (χ3v) is 3.68. The third-order valence-electron chi connectivity index (χ3n) is 3.68. The lowest BCUT2D eigenvalue weighted by Gasteiger charge is -2.30. The molecule has 120 valence electrons. The van der Waals surface area contributed by atoms with E-state index < -0.39 is 11.7 Å². The quantitative estimate of drug-likeness (QED) is 0.880. The minimum Gasteiger partial charge on any atom is -0.444 e. The van der Waals surface area contributed by atoms with E-state index in [2.05, 4.69) is 42.6 Å². The van der Waals surface area contributed by atoms with Crippen LogP contribution in [0.15, 0.2) is 30.3 Å². The van der Waals surface area contributed by atoms with Gasteiger partial charge >= 0.3 is 6.09 Å².